The molecule has 4 nitrogen and oxygen atoms in total. The van der Waals surface area contributed by atoms with Crippen molar-refractivity contribution in [3.63, 3.8) is 0 Å². The van der Waals surface area contributed by atoms with Crippen LogP contribution in [0.5, 0.6) is 0 Å². The van der Waals surface area contributed by atoms with Gasteiger partial charge in [-0.25, -0.2) is 4.98 Å². The number of carbonyl (C=O) groups excluding carboxylic acids is 1. The minimum absolute atomic E-state index is 0.0999. The number of rotatable bonds is 4. The predicted molar refractivity (Wildman–Crippen MR) is 56.0 cm³/mol. The van der Waals surface area contributed by atoms with Crippen LogP contribution in [0.3, 0.4) is 0 Å². The Morgan fingerprint density at radius 2 is 2.27 bits per heavy atom. The fourth-order valence-corrected chi connectivity index (χ4v) is 0.998. The van der Waals surface area contributed by atoms with Crippen molar-refractivity contribution in [1.29, 1.82) is 0 Å². The second kappa shape index (κ2) is 5.41. The van der Waals surface area contributed by atoms with Gasteiger partial charge in [0.2, 0.25) is 11.9 Å². The van der Waals surface area contributed by atoms with Crippen LogP contribution in [0, 0.1) is 5.95 Å². The molecule has 1 amide bonds. The number of anilines is 1. The molecule has 0 aromatic carbocycles. The molecule has 82 valence electrons. The van der Waals surface area contributed by atoms with Gasteiger partial charge in [0.1, 0.15) is 0 Å². The SMILES string of the molecule is CN(C)CCC(=O)Nc1ccc(F)nc1. The molecule has 1 heterocycles. The number of pyridine rings is 1. The summed E-state index contributed by atoms with van der Waals surface area (Å²) >= 11 is 0. The van der Waals surface area contributed by atoms with Gasteiger partial charge in [0.25, 0.3) is 0 Å². The van der Waals surface area contributed by atoms with E-state index in [1.165, 1.54) is 18.3 Å². The third kappa shape index (κ3) is 4.51. The smallest absolute Gasteiger partial charge is 0.225 e. The van der Waals surface area contributed by atoms with Gasteiger partial charge in [-0.1, -0.05) is 0 Å². The summed E-state index contributed by atoms with van der Waals surface area (Å²) < 4.78 is 12.4. The van der Waals surface area contributed by atoms with Crippen LogP contribution in [0.25, 0.3) is 0 Å². The van der Waals surface area contributed by atoms with E-state index in [4.69, 9.17) is 0 Å². The summed E-state index contributed by atoms with van der Waals surface area (Å²) in [6.07, 6.45) is 1.70. The van der Waals surface area contributed by atoms with Crippen LogP contribution in [0.1, 0.15) is 6.42 Å². The van der Waals surface area contributed by atoms with Crippen LogP contribution in [0.4, 0.5) is 10.1 Å². The molecule has 1 rings (SSSR count). The molecule has 1 N–H and O–H groups in total. The molecule has 0 fully saturated rings. The lowest BCUT2D eigenvalue weighted by Crippen LogP contribution is -2.20. The van der Waals surface area contributed by atoms with Gasteiger partial charge in [0.05, 0.1) is 11.9 Å². The maximum atomic E-state index is 12.4. The minimum atomic E-state index is -0.554. The average Bonchev–Trinajstić information content (AvgIpc) is 2.19. The van der Waals surface area contributed by atoms with Gasteiger partial charge < -0.3 is 10.2 Å². The van der Waals surface area contributed by atoms with Crippen molar-refractivity contribution < 1.29 is 9.18 Å². The molecule has 0 saturated heterocycles. The zero-order valence-corrected chi connectivity index (χ0v) is 8.83. The Hall–Kier alpha value is -1.49. The average molecular weight is 211 g/mol. The number of nitrogens with zero attached hydrogens (tertiary/aromatic N) is 2. The molecule has 0 bridgehead atoms. The Kier molecular flexibility index (Phi) is 4.17. The Labute approximate surface area is 88.1 Å². The Bertz CT molecular complexity index is 324. The highest BCUT2D eigenvalue weighted by molar-refractivity contribution is 5.90. The van der Waals surface area contributed by atoms with Crippen molar-refractivity contribution in [3.8, 4) is 0 Å². The summed E-state index contributed by atoms with van der Waals surface area (Å²) in [5.41, 5.74) is 0.514. The first-order chi connectivity index (χ1) is 7.08. The van der Waals surface area contributed by atoms with E-state index in [1.807, 2.05) is 19.0 Å². The third-order valence-corrected chi connectivity index (χ3v) is 1.80. The maximum absolute atomic E-state index is 12.4. The number of carbonyl (C=O) groups is 1. The van der Waals surface area contributed by atoms with Crippen LogP contribution >= 0.6 is 0 Å². The second-order valence-corrected chi connectivity index (χ2v) is 3.47. The van der Waals surface area contributed by atoms with Crippen molar-refractivity contribution in [2.24, 2.45) is 0 Å². The first-order valence-corrected chi connectivity index (χ1v) is 4.64. The molecule has 0 radical (unpaired) electrons. The maximum Gasteiger partial charge on any atom is 0.225 e. The highest BCUT2D eigenvalue weighted by Crippen LogP contribution is 2.05. The number of nitrogens with one attached hydrogen (secondary N) is 1. The van der Waals surface area contributed by atoms with Crippen molar-refractivity contribution >= 4 is 11.6 Å². The number of amides is 1. The molecule has 0 spiro atoms. The molecule has 0 aliphatic rings. The molecule has 0 unspecified atom stereocenters. The number of halogens is 1. The summed E-state index contributed by atoms with van der Waals surface area (Å²) in [5, 5.41) is 2.63. The summed E-state index contributed by atoms with van der Waals surface area (Å²) in [5.74, 6) is -0.654. The molecular formula is C10H14FN3O. The fourth-order valence-electron chi connectivity index (χ4n) is 0.998. The first kappa shape index (κ1) is 11.6. The summed E-state index contributed by atoms with van der Waals surface area (Å²) in [4.78, 5) is 16.7. The van der Waals surface area contributed by atoms with Gasteiger partial charge in [0, 0.05) is 13.0 Å². The zero-order valence-electron chi connectivity index (χ0n) is 8.83. The van der Waals surface area contributed by atoms with E-state index in [2.05, 4.69) is 10.3 Å². The lowest BCUT2D eigenvalue weighted by Gasteiger charge is -2.09. The lowest BCUT2D eigenvalue weighted by molar-refractivity contribution is -0.116. The third-order valence-electron chi connectivity index (χ3n) is 1.80. The van der Waals surface area contributed by atoms with Gasteiger partial charge in [-0.05, 0) is 26.2 Å². The molecule has 0 aliphatic carbocycles. The largest absolute Gasteiger partial charge is 0.325 e. The Balaban J connectivity index is 2.41. The molecule has 1 aromatic rings. The predicted octanol–water partition coefficient (Wildman–Crippen LogP) is 1.11. The molecule has 5 heteroatoms. The summed E-state index contributed by atoms with van der Waals surface area (Å²) in [7, 11) is 3.79. The van der Waals surface area contributed by atoms with Crippen molar-refractivity contribution in [2.45, 2.75) is 6.42 Å². The fraction of sp³-hybridized carbons (Fsp3) is 0.400. The molecule has 15 heavy (non-hydrogen) atoms. The van der Waals surface area contributed by atoms with Gasteiger partial charge in [-0.2, -0.15) is 4.39 Å². The summed E-state index contributed by atoms with van der Waals surface area (Å²) in [6, 6.07) is 2.69. The van der Waals surface area contributed by atoms with E-state index >= 15 is 0 Å². The quantitative estimate of drug-likeness (QED) is 0.759. The summed E-state index contributed by atoms with van der Waals surface area (Å²) in [6.45, 7) is 0.681. The Morgan fingerprint density at radius 3 is 2.80 bits per heavy atom. The Morgan fingerprint density at radius 1 is 1.53 bits per heavy atom. The molecule has 0 saturated carbocycles. The van der Waals surface area contributed by atoms with Crippen molar-refractivity contribution in [2.75, 3.05) is 26.0 Å². The molecular weight excluding hydrogens is 197 g/mol. The van der Waals surface area contributed by atoms with Gasteiger partial charge in [-0.15, -0.1) is 0 Å². The second-order valence-electron chi connectivity index (χ2n) is 3.47. The van der Waals surface area contributed by atoms with Crippen LogP contribution in [-0.4, -0.2) is 36.4 Å². The lowest BCUT2D eigenvalue weighted by atomic mass is 10.3. The monoisotopic (exact) mass is 211 g/mol. The van der Waals surface area contributed by atoms with E-state index in [-0.39, 0.29) is 5.91 Å². The van der Waals surface area contributed by atoms with Gasteiger partial charge in [0.15, 0.2) is 0 Å². The van der Waals surface area contributed by atoms with E-state index in [1.54, 1.807) is 0 Å². The van der Waals surface area contributed by atoms with Gasteiger partial charge in [-0.3, -0.25) is 4.79 Å². The van der Waals surface area contributed by atoms with Crippen LogP contribution < -0.4 is 5.32 Å². The van der Waals surface area contributed by atoms with Gasteiger partial charge >= 0.3 is 0 Å². The topological polar surface area (TPSA) is 45.2 Å². The van der Waals surface area contributed by atoms with Crippen LogP contribution in [-0.2, 0) is 4.79 Å². The highest BCUT2D eigenvalue weighted by atomic mass is 19.1. The van der Waals surface area contributed by atoms with E-state index < -0.39 is 5.95 Å². The number of aromatic nitrogens is 1. The van der Waals surface area contributed by atoms with Crippen LogP contribution in [0.2, 0.25) is 0 Å². The molecule has 0 atom stereocenters. The highest BCUT2D eigenvalue weighted by Gasteiger charge is 2.03. The number of hydrogen-bond acceptors (Lipinski definition) is 3. The zero-order chi connectivity index (χ0) is 11.3. The van der Waals surface area contributed by atoms with Crippen LogP contribution in [0.15, 0.2) is 18.3 Å². The van der Waals surface area contributed by atoms with Crippen molar-refractivity contribution in [1.82, 2.24) is 9.88 Å². The van der Waals surface area contributed by atoms with Crippen molar-refractivity contribution in [3.05, 3.63) is 24.3 Å². The number of hydrogen-bond donors (Lipinski definition) is 1. The minimum Gasteiger partial charge on any atom is -0.325 e. The first-order valence-electron chi connectivity index (χ1n) is 4.64. The normalized spacial score (nSPS) is 10.4. The van der Waals surface area contributed by atoms with E-state index in [0.717, 1.165) is 0 Å². The standard InChI is InChI=1S/C10H14FN3O/c1-14(2)6-5-10(15)13-8-3-4-9(11)12-7-8/h3-4,7H,5-6H2,1-2H3,(H,13,15). The molecule has 0 aliphatic heterocycles. The van der Waals surface area contributed by atoms with E-state index in [9.17, 15) is 9.18 Å². The van der Waals surface area contributed by atoms with E-state index in [0.29, 0.717) is 18.7 Å². The molecule has 1 aromatic heterocycles.